The third-order valence-corrected chi connectivity index (χ3v) is 6.28. The molecule has 172 valence electrons. The van der Waals surface area contributed by atoms with E-state index in [0.717, 1.165) is 0 Å². The highest BCUT2D eigenvalue weighted by Crippen LogP contribution is 2.40. The number of nitrogens with two attached hydrogens (primary N) is 1. The SMILES string of the molecule is CC(NC(=O)c1c(N)nn2cccnc12)c1cc(Cl)c2cn[nH]c2c1N1CCC(F)(F)CC1. The first-order chi connectivity index (χ1) is 15.7. The summed E-state index contributed by atoms with van der Waals surface area (Å²) in [4.78, 5) is 19.2. The predicted molar refractivity (Wildman–Crippen MR) is 121 cm³/mol. The second-order valence-corrected chi connectivity index (χ2v) is 8.55. The average Bonchev–Trinajstić information content (AvgIpc) is 3.38. The zero-order chi connectivity index (χ0) is 23.3. The predicted octanol–water partition coefficient (Wildman–Crippen LogP) is 3.57. The second kappa shape index (κ2) is 7.84. The van der Waals surface area contributed by atoms with Gasteiger partial charge in [0, 0.05) is 49.3 Å². The van der Waals surface area contributed by atoms with Crippen LogP contribution in [0.2, 0.25) is 5.02 Å². The zero-order valence-electron chi connectivity index (χ0n) is 17.6. The number of benzene rings is 1. The molecule has 4 N–H and O–H groups in total. The molecule has 1 saturated heterocycles. The third kappa shape index (κ3) is 3.71. The van der Waals surface area contributed by atoms with Crippen molar-refractivity contribution in [2.75, 3.05) is 23.7 Å². The summed E-state index contributed by atoms with van der Waals surface area (Å²) in [5.74, 6) is -3.09. The van der Waals surface area contributed by atoms with Gasteiger partial charge in [0.1, 0.15) is 5.56 Å². The number of rotatable bonds is 4. The van der Waals surface area contributed by atoms with E-state index < -0.39 is 17.9 Å². The van der Waals surface area contributed by atoms with E-state index in [4.69, 9.17) is 17.3 Å². The molecule has 0 spiro atoms. The van der Waals surface area contributed by atoms with Gasteiger partial charge in [-0.05, 0) is 19.1 Å². The van der Waals surface area contributed by atoms with Crippen molar-refractivity contribution < 1.29 is 13.6 Å². The maximum Gasteiger partial charge on any atom is 0.259 e. The van der Waals surface area contributed by atoms with E-state index in [1.807, 2.05) is 4.90 Å². The highest BCUT2D eigenvalue weighted by molar-refractivity contribution is 6.36. The molecule has 1 unspecified atom stereocenters. The summed E-state index contributed by atoms with van der Waals surface area (Å²) in [7, 11) is 0. The van der Waals surface area contributed by atoms with E-state index in [2.05, 4.69) is 25.6 Å². The van der Waals surface area contributed by atoms with Crippen molar-refractivity contribution in [3.63, 3.8) is 0 Å². The number of hydrogen-bond acceptors (Lipinski definition) is 6. The lowest BCUT2D eigenvalue weighted by atomic mass is 9.99. The van der Waals surface area contributed by atoms with Crippen LogP contribution in [0.15, 0.2) is 30.7 Å². The van der Waals surface area contributed by atoms with Gasteiger partial charge in [-0.3, -0.25) is 9.89 Å². The molecule has 1 fully saturated rings. The number of hydrogen-bond donors (Lipinski definition) is 3. The van der Waals surface area contributed by atoms with E-state index >= 15 is 0 Å². The van der Waals surface area contributed by atoms with Crippen LogP contribution in [0, 0.1) is 0 Å². The average molecular weight is 475 g/mol. The number of piperidine rings is 1. The minimum Gasteiger partial charge on any atom is -0.381 e. The number of nitrogens with zero attached hydrogens (tertiary/aromatic N) is 5. The van der Waals surface area contributed by atoms with Crippen molar-refractivity contribution in [1.82, 2.24) is 30.1 Å². The van der Waals surface area contributed by atoms with Crippen molar-refractivity contribution in [2.24, 2.45) is 0 Å². The highest BCUT2D eigenvalue weighted by atomic mass is 35.5. The maximum absolute atomic E-state index is 13.8. The van der Waals surface area contributed by atoms with Crippen LogP contribution in [0.1, 0.15) is 41.7 Å². The molecule has 1 aliphatic heterocycles. The highest BCUT2D eigenvalue weighted by Gasteiger charge is 2.36. The summed E-state index contributed by atoms with van der Waals surface area (Å²) in [6, 6.07) is 2.89. The van der Waals surface area contributed by atoms with E-state index in [1.54, 1.807) is 37.6 Å². The number of alkyl halides is 2. The van der Waals surface area contributed by atoms with Crippen LogP contribution in [-0.2, 0) is 0 Å². The molecule has 0 radical (unpaired) electrons. The van der Waals surface area contributed by atoms with E-state index in [1.165, 1.54) is 4.52 Å². The van der Waals surface area contributed by atoms with E-state index in [0.29, 0.717) is 32.8 Å². The molecular formula is C21H21ClF2N8O. The van der Waals surface area contributed by atoms with Crippen LogP contribution >= 0.6 is 11.6 Å². The van der Waals surface area contributed by atoms with Crippen LogP contribution in [0.4, 0.5) is 20.3 Å². The molecule has 3 aromatic heterocycles. The number of fused-ring (bicyclic) bond motifs is 2. The minimum absolute atomic E-state index is 0.0546. The van der Waals surface area contributed by atoms with Crippen molar-refractivity contribution >= 4 is 45.6 Å². The Labute approximate surface area is 191 Å². The molecule has 0 bridgehead atoms. The molecule has 0 aliphatic carbocycles. The number of carbonyl (C=O) groups excluding carboxylic acids is 1. The Hall–Kier alpha value is -3.47. The first kappa shape index (κ1) is 21.4. The van der Waals surface area contributed by atoms with Crippen molar-refractivity contribution in [1.29, 1.82) is 0 Å². The number of anilines is 2. The number of carbonyl (C=O) groups is 1. The zero-order valence-corrected chi connectivity index (χ0v) is 18.4. The number of halogens is 3. The molecule has 1 aromatic carbocycles. The van der Waals surface area contributed by atoms with Gasteiger partial charge in [-0.15, -0.1) is 5.10 Å². The van der Waals surface area contributed by atoms with Crippen LogP contribution in [0.5, 0.6) is 0 Å². The lowest BCUT2D eigenvalue weighted by Crippen LogP contribution is -2.40. The summed E-state index contributed by atoms with van der Waals surface area (Å²) < 4.78 is 29.1. The van der Waals surface area contributed by atoms with Gasteiger partial charge in [-0.1, -0.05) is 11.6 Å². The van der Waals surface area contributed by atoms with Gasteiger partial charge in [0.2, 0.25) is 0 Å². The molecule has 1 aliphatic rings. The van der Waals surface area contributed by atoms with Gasteiger partial charge in [0.15, 0.2) is 11.5 Å². The molecule has 4 heterocycles. The Morgan fingerprint density at radius 3 is 2.88 bits per heavy atom. The molecule has 5 rings (SSSR count). The number of aromatic amines is 1. The topological polar surface area (TPSA) is 117 Å². The van der Waals surface area contributed by atoms with Gasteiger partial charge in [-0.25, -0.2) is 18.3 Å². The summed E-state index contributed by atoms with van der Waals surface area (Å²) in [6.07, 6.45) is 4.28. The first-order valence-corrected chi connectivity index (χ1v) is 10.8. The van der Waals surface area contributed by atoms with Gasteiger partial charge in [-0.2, -0.15) is 5.10 Å². The summed E-state index contributed by atoms with van der Waals surface area (Å²) in [5, 5.41) is 15.2. The summed E-state index contributed by atoms with van der Waals surface area (Å²) in [6.45, 7) is 2.13. The summed E-state index contributed by atoms with van der Waals surface area (Å²) >= 11 is 6.49. The fraction of sp³-hybridized carbons (Fsp3) is 0.333. The molecule has 4 aromatic rings. The molecule has 12 heteroatoms. The number of aromatic nitrogens is 5. The van der Waals surface area contributed by atoms with Gasteiger partial charge < -0.3 is 16.0 Å². The van der Waals surface area contributed by atoms with Gasteiger partial charge >= 0.3 is 0 Å². The van der Waals surface area contributed by atoms with Crippen LogP contribution < -0.4 is 16.0 Å². The molecule has 33 heavy (non-hydrogen) atoms. The van der Waals surface area contributed by atoms with Crippen molar-refractivity contribution in [3.8, 4) is 0 Å². The van der Waals surface area contributed by atoms with E-state index in [-0.39, 0.29) is 37.3 Å². The van der Waals surface area contributed by atoms with Crippen molar-refractivity contribution in [2.45, 2.75) is 31.7 Å². The number of nitrogens with one attached hydrogen (secondary N) is 2. The third-order valence-electron chi connectivity index (χ3n) is 5.96. The largest absolute Gasteiger partial charge is 0.381 e. The number of amides is 1. The Balaban J connectivity index is 1.52. The monoisotopic (exact) mass is 474 g/mol. The quantitative estimate of drug-likeness (QED) is 0.416. The second-order valence-electron chi connectivity index (χ2n) is 8.14. The molecule has 1 amide bonds. The Morgan fingerprint density at radius 1 is 1.36 bits per heavy atom. The van der Waals surface area contributed by atoms with Crippen LogP contribution in [0.3, 0.4) is 0 Å². The molecule has 0 saturated carbocycles. The lowest BCUT2D eigenvalue weighted by molar-refractivity contribution is -0.0220. The maximum atomic E-state index is 13.8. The van der Waals surface area contributed by atoms with Crippen LogP contribution in [0.25, 0.3) is 16.6 Å². The molecular weight excluding hydrogens is 454 g/mol. The van der Waals surface area contributed by atoms with Gasteiger partial charge in [0.25, 0.3) is 11.8 Å². The number of H-pyrrole nitrogens is 1. The standard InChI is InChI=1S/C21H21ClF2N8O/c1-11(28-20(33)15-18(25)30-32-6-2-5-26-19(15)32)12-9-14(22)13-10-27-29-16(13)17(12)31-7-3-21(23,24)4-8-31/h2,5-6,9-11H,3-4,7-8H2,1H3,(H2,25,30)(H,27,29)(H,28,33). The first-order valence-electron chi connectivity index (χ1n) is 10.4. The lowest BCUT2D eigenvalue weighted by Gasteiger charge is -2.35. The Kier molecular flexibility index (Phi) is 5.08. The fourth-order valence-corrected chi connectivity index (χ4v) is 4.53. The summed E-state index contributed by atoms with van der Waals surface area (Å²) in [5.41, 5.74) is 8.49. The normalized spacial score (nSPS) is 16.9. The molecule has 1 atom stereocenters. The Morgan fingerprint density at radius 2 is 2.12 bits per heavy atom. The van der Waals surface area contributed by atoms with Crippen LogP contribution in [-0.4, -0.2) is 49.7 Å². The van der Waals surface area contributed by atoms with Gasteiger partial charge in [0.05, 0.1) is 28.5 Å². The number of nitrogen functional groups attached to an aromatic ring is 1. The van der Waals surface area contributed by atoms with Crippen molar-refractivity contribution in [3.05, 3.63) is 46.9 Å². The Bertz CT molecular complexity index is 1360. The minimum atomic E-state index is -2.69. The fourth-order valence-electron chi connectivity index (χ4n) is 4.27. The van der Waals surface area contributed by atoms with E-state index in [9.17, 15) is 13.6 Å². The smallest absolute Gasteiger partial charge is 0.259 e. The molecule has 9 nitrogen and oxygen atoms in total.